The Labute approximate surface area is 162 Å². The zero-order chi connectivity index (χ0) is 18.8. The molecule has 3 rings (SSSR count). The fourth-order valence-corrected chi connectivity index (χ4v) is 4.44. The molecule has 26 heavy (non-hydrogen) atoms. The third kappa shape index (κ3) is 3.34. The third-order valence-electron chi connectivity index (χ3n) is 4.73. The molecule has 5 nitrogen and oxygen atoms in total. The second-order valence-corrected chi connectivity index (χ2v) is 7.36. The van der Waals surface area contributed by atoms with Gasteiger partial charge in [-0.2, -0.15) is 0 Å². The van der Waals surface area contributed by atoms with Crippen LogP contribution >= 0.6 is 15.9 Å². The first kappa shape index (κ1) is 18.8. The first-order chi connectivity index (χ1) is 12.5. The normalized spacial score (nSPS) is 13.4. The average Bonchev–Trinajstić information content (AvgIpc) is 2.87. The summed E-state index contributed by atoms with van der Waals surface area (Å²) in [6, 6.07) is 4.11. The van der Waals surface area contributed by atoms with Gasteiger partial charge in [-0.15, -0.1) is 0 Å². The monoisotopic (exact) mass is 421 g/mol. The van der Waals surface area contributed by atoms with E-state index >= 15 is 0 Å². The highest BCUT2D eigenvalue weighted by Crippen LogP contribution is 2.49. The van der Waals surface area contributed by atoms with E-state index in [9.17, 15) is 9.90 Å². The van der Waals surface area contributed by atoms with Gasteiger partial charge in [0.1, 0.15) is 0 Å². The van der Waals surface area contributed by atoms with Crippen LogP contribution in [0.25, 0.3) is 11.1 Å². The molecule has 1 aromatic heterocycles. The van der Waals surface area contributed by atoms with Crippen molar-refractivity contribution in [3.8, 4) is 22.8 Å². The first-order valence-corrected chi connectivity index (χ1v) is 9.85. The molecule has 0 atom stereocenters. The average molecular weight is 422 g/mol. The zero-order valence-electron chi connectivity index (χ0n) is 15.4. The zero-order valence-corrected chi connectivity index (χ0v) is 17.0. The number of carbonyl (C=O) groups is 1. The van der Waals surface area contributed by atoms with E-state index < -0.39 is 6.16 Å². The van der Waals surface area contributed by atoms with E-state index in [1.54, 1.807) is 6.92 Å². The lowest BCUT2D eigenvalue weighted by atomic mass is 9.96. The fourth-order valence-electron chi connectivity index (χ4n) is 3.62. The maximum Gasteiger partial charge on any atom is 0.513 e. The van der Waals surface area contributed by atoms with Gasteiger partial charge in [-0.3, -0.25) is 0 Å². The Morgan fingerprint density at radius 2 is 2.04 bits per heavy atom. The number of nitrogens with zero attached hydrogens (tertiary/aromatic N) is 1. The van der Waals surface area contributed by atoms with Gasteiger partial charge in [-0.1, -0.05) is 28.9 Å². The molecular formula is C20H24BrNO4. The van der Waals surface area contributed by atoms with Crippen LogP contribution in [0.5, 0.6) is 11.6 Å². The Bertz CT molecular complexity index is 841. The quantitative estimate of drug-likeness (QED) is 0.674. The van der Waals surface area contributed by atoms with Gasteiger partial charge in [-0.25, -0.2) is 4.79 Å². The van der Waals surface area contributed by atoms with E-state index in [2.05, 4.69) is 28.9 Å². The molecule has 0 radical (unpaired) electrons. The number of hydrogen-bond donors (Lipinski definition) is 1. The molecule has 0 unspecified atom stereocenters. The van der Waals surface area contributed by atoms with E-state index in [4.69, 9.17) is 9.47 Å². The van der Waals surface area contributed by atoms with Crippen LogP contribution < -0.4 is 4.74 Å². The van der Waals surface area contributed by atoms with Gasteiger partial charge in [0.15, 0.2) is 5.75 Å². The van der Waals surface area contributed by atoms with Gasteiger partial charge in [-0.05, 0) is 56.7 Å². The molecule has 2 aromatic rings. The van der Waals surface area contributed by atoms with Crippen LogP contribution in [0.1, 0.15) is 43.5 Å². The standard InChI is InChI=1S/C20H24BrNO4/c1-4-13-10-12(3)11-14(21)16(13)17-18(26-20(24)25-5-2)15-8-6-7-9-22(15)19(17)23/h10-11,23H,4-9H2,1-3H3. The molecule has 0 saturated carbocycles. The van der Waals surface area contributed by atoms with Gasteiger partial charge >= 0.3 is 6.16 Å². The minimum atomic E-state index is -0.742. The maximum absolute atomic E-state index is 12.0. The van der Waals surface area contributed by atoms with Crippen LogP contribution in [-0.2, 0) is 24.1 Å². The van der Waals surface area contributed by atoms with E-state index in [-0.39, 0.29) is 12.5 Å². The molecule has 1 aliphatic rings. The smallest absolute Gasteiger partial charge is 0.494 e. The fraction of sp³-hybridized carbons (Fsp3) is 0.450. The molecule has 1 N–H and O–H groups in total. The summed E-state index contributed by atoms with van der Waals surface area (Å²) in [4.78, 5) is 12.0. The molecule has 6 heteroatoms. The Hall–Kier alpha value is -1.95. The summed E-state index contributed by atoms with van der Waals surface area (Å²) in [6.07, 6.45) is 2.80. The summed E-state index contributed by atoms with van der Waals surface area (Å²) in [5, 5.41) is 11.0. The lowest BCUT2D eigenvalue weighted by molar-refractivity contribution is 0.104. The second kappa shape index (κ2) is 7.74. The predicted octanol–water partition coefficient (Wildman–Crippen LogP) is 5.37. The highest BCUT2D eigenvalue weighted by Gasteiger charge is 2.30. The third-order valence-corrected chi connectivity index (χ3v) is 5.36. The second-order valence-electron chi connectivity index (χ2n) is 6.50. The highest BCUT2D eigenvalue weighted by molar-refractivity contribution is 9.10. The highest BCUT2D eigenvalue weighted by atomic mass is 79.9. The molecule has 2 heterocycles. The van der Waals surface area contributed by atoms with Gasteiger partial charge < -0.3 is 19.1 Å². The summed E-state index contributed by atoms with van der Waals surface area (Å²) in [7, 11) is 0. The number of carbonyl (C=O) groups excluding carboxylic acids is 1. The van der Waals surface area contributed by atoms with Crippen LogP contribution in [0.3, 0.4) is 0 Å². The van der Waals surface area contributed by atoms with Crippen LogP contribution in [0.4, 0.5) is 4.79 Å². The van der Waals surface area contributed by atoms with Crippen LogP contribution in [0.15, 0.2) is 16.6 Å². The number of fused-ring (bicyclic) bond motifs is 1. The summed E-state index contributed by atoms with van der Waals surface area (Å²) >= 11 is 3.64. The number of aromatic nitrogens is 1. The molecule has 0 aliphatic carbocycles. The molecule has 1 aromatic carbocycles. The minimum Gasteiger partial charge on any atom is -0.494 e. The SMILES string of the molecule is CCOC(=O)Oc1c(-c2c(Br)cc(C)cc2CC)c(O)n2c1CCCC2. The summed E-state index contributed by atoms with van der Waals surface area (Å²) in [5.41, 5.74) is 4.51. The molecule has 0 spiro atoms. The summed E-state index contributed by atoms with van der Waals surface area (Å²) in [5.74, 6) is 0.568. The Kier molecular flexibility index (Phi) is 5.61. The van der Waals surface area contributed by atoms with Crippen molar-refractivity contribution in [2.75, 3.05) is 6.61 Å². The number of aryl methyl sites for hydroxylation is 2. The van der Waals surface area contributed by atoms with E-state index in [0.717, 1.165) is 52.5 Å². The van der Waals surface area contributed by atoms with Crippen molar-refractivity contribution in [3.05, 3.63) is 33.4 Å². The van der Waals surface area contributed by atoms with Crippen molar-refractivity contribution < 1.29 is 19.4 Å². The number of aromatic hydroxyl groups is 1. The summed E-state index contributed by atoms with van der Waals surface area (Å²) in [6.45, 7) is 6.80. The van der Waals surface area contributed by atoms with Gasteiger partial charge in [0, 0.05) is 16.6 Å². The molecule has 0 amide bonds. The molecule has 1 aliphatic heterocycles. The number of rotatable bonds is 4. The molecule has 0 fully saturated rings. The maximum atomic E-state index is 12.0. The predicted molar refractivity (Wildman–Crippen MR) is 104 cm³/mol. The summed E-state index contributed by atoms with van der Waals surface area (Å²) < 4.78 is 13.3. The van der Waals surface area contributed by atoms with Crippen LogP contribution in [0, 0.1) is 6.92 Å². The van der Waals surface area contributed by atoms with Crippen molar-refractivity contribution in [3.63, 3.8) is 0 Å². The largest absolute Gasteiger partial charge is 0.513 e. The molecule has 140 valence electrons. The van der Waals surface area contributed by atoms with E-state index in [0.29, 0.717) is 17.9 Å². The van der Waals surface area contributed by atoms with Gasteiger partial charge in [0.05, 0.1) is 17.9 Å². The Morgan fingerprint density at radius 1 is 1.27 bits per heavy atom. The van der Waals surface area contributed by atoms with Crippen LogP contribution in [-0.4, -0.2) is 22.4 Å². The van der Waals surface area contributed by atoms with Crippen molar-refractivity contribution in [1.82, 2.24) is 4.57 Å². The van der Waals surface area contributed by atoms with E-state index in [1.165, 1.54) is 0 Å². The van der Waals surface area contributed by atoms with Gasteiger partial charge in [0.25, 0.3) is 0 Å². The van der Waals surface area contributed by atoms with E-state index in [1.807, 2.05) is 17.6 Å². The van der Waals surface area contributed by atoms with Crippen LogP contribution in [0.2, 0.25) is 0 Å². The van der Waals surface area contributed by atoms with Crippen molar-refractivity contribution in [1.29, 1.82) is 0 Å². The topological polar surface area (TPSA) is 60.7 Å². The number of benzene rings is 1. The van der Waals surface area contributed by atoms with Crippen molar-refractivity contribution in [2.24, 2.45) is 0 Å². The molecule has 0 saturated heterocycles. The van der Waals surface area contributed by atoms with Crippen molar-refractivity contribution in [2.45, 2.75) is 53.0 Å². The number of hydrogen-bond acceptors (Lipinski definition) is 4. The van der Waals surface area contributed by atoms with Gasteiger partial charge in [0.2, 0.25) is 5.88 Å². The lowest BCUT2D eigenvalue weighted by Crippen LogP contribution is -2.14. The Morgan fingerprint density at radius 3 is 2.73 bits per heavy atom. The Balaban J connectivity index is 2.24. The first-order valence-electron chi connectivity index (χ1n) is 9.06. The lowest BCUT2D eigenvalue weighted by Gasteiger charge is -2.16. The molecular weight excluding hydrogens is 398 g/mol. The minimum absolute atomic E-state index is 0.151. The number of ether oxygens (including phenoxy) is 2. The number of halogens is 1. The molecule has 0 bridgehead atoms. The van der Waals surface area contributed by atoms with Crippen molar-refractivity contribution >= 4 is 22.1 Å².